The molecule has 0 spiro atoms. The summed E-state index contributed by atoms with van der Waals surface area (Å²) in [4.78, 5) is 4.48. The number of rotatable bonds is 3. The molecule has 3 rings (SSSR count). The molecule has 0 radical (unpaired) electrons. The first-order valence-corrected chi connectivity index (χ1v) is 7.05. The lowest BCUT2D eigenvalue weighted by molar-refractivity contribution is 0.0620. The number of aliphatic hydroxyl groups is 1. The van der Waals surface area contributed by atoms with Gasteiger partial charge in [0.15, 0.2) is 0 Å². The summed E-state index contributed by atoms with van der Waals surface area (Å²) < 4.78 is 5.43. The number of pyridine rings is 1. The van der Waals surface area contributed by atoms with Gasteiger partial charge < -0.3 is 9.52 Å². The molecule has 4 nitrogen and oxygen atoms in total. The summed E-state index contributed by atoms with van der Waals surface area (Å²) in [6.45, 7) is 3.52. The number of hydrogen-bond acceptors (Lipinski definition) is 4. The Morgan fingerprint density at radius 1 is 1.18 bits per heavy atom. The summed E-state index contributed by atoms with van der Waals surface area (Å²) in [7, 11) is 0. The van der Waals surface area contributed by atoms with Gasteiger partial charge in [-0.2, -0.15) is 5.26 Å². The molecule has 3 aromatic rings. The lowest BCUT2D eigenvalue weighted by Crippen LogP contribution is -2.30. The maximum absolute atomic E-state index is 10.7. The minimum Gasteiger partial charge on any atom is -0.464 e. The van der Waals surface area contributed by atoms with E-state index >= 15 is 0 Å². The summed E-state index contributed by atoms with van der Waals surface area (Å²) in [5.74, 6) is -0.318. The first-order chi connectivity index (χ1) is 10.5. The van der Waals surface area contributed by atoms with Crippen molar-refractivity contribution in [3.63, 3.8) is 0 Å². The summed E-state index contributed by atoms with van der Waals surface area (Å²) >= 11 is 0. The summed E-state index contributed by atoms with van der Waals surface area (Å²) in [6, 6.07) is 13.0. The van der Waals surface area contributed by atoms with Gasteiger partial charge in [-0.25, -0.2) is 0 Å². The highest BCUT2D eigenvalue weighted by Crippen LogP contribution is 2.37. The maximum atomic E-state index is 10.7. The molecule has 0 fully saturated rings. The first-order valence-electron chi connectivity index (χ1n) is 7.05. The second-order valence-electron chi connectivity index (χ2n) is 5.85. The van der Waals surface area contributed by atoms with Gasteiger partial charge in [-0.3, -0.25) is 4.98 Å². The van der Waals surface area contributed by atoms with Crippen molar-refractivity contribution in [1.82, 2.24) is 4.98 Å². The van der Waals surface area contributed by atoms with Crippen molar-refractivity contribution in [2.45, 2.75) is 25.4 Å². The molecule has 0 amide bonds. The average molecular weight is 292 g/mol. The van der Waals surface area contributed by atoms with E-state index < -0.39 is 5.60 Å². The Kier molecular flexibility index (Phi) is 3.44. The Balaban J connectivity index is 2.19. The lowest BCUT2D eigenvalue weighted by Gasteiger charge is -2.29. The van der Waals surface area contributed by atoms with E-state index in [1.807, 2.05) is 18.2 Å². The number of benzene rings is 1. The van der Waals surface area contributed by atoms with E-state index in [-0.39, 0.29) is 5.92 Å². The van der Waals surface area contributed by atoms with Gasteiger partial charge in [0.05, 0.1) is 35.1 Å². The quantitative estimate of drug-likeness (QED) is 0.800. The molecule has 0 bridgehead atoms. The molecule has 1 N–H and O–H groups in total. The smallest absolute Gasteiger partial charge is 0.137 e. The molecule has 1 unspecified atom stereocenters. The molecule has 4 heteroatoms. The van der Waals surface area contributed by atoms with Crippen LogP contribution in [0.15, 0.2) is 53.3 Å². The Bertz CT molecular complexity index is 836. The van der Waals surface area contributed by atoms with Crippen LogP contribution in [0, 0.1) is 11.3 Å². The molecule has 0 aliphatic rings. The van der Waals surface area contributed by atoms with E-state index in [0.717, 1.165) is 22.2 Å². The van der Waals surface area contributed by atoms with Crippen LogP contribution in [0.2, 0.25) is 0 Å². The van der Waals surface area contributed by atoms with Crippen LogP contribution in [0.1, 0.15) is 36.6 Å². The molecule has 2 aromatic heterocycles. The lowest BCUT2D eigenvalue weighted by atomic mass is 9.81. The minimum atomic E-state index is -1.01. The van der Waals surface area contributed by atoms with Crippen molar-refractivity contribution in [2.24, 2.45) is 0 Å². The largest absolute Gasteiger partial charge is 0.464 e. The van der Waals surface area contributed by atoms with Crippen molar-refractivity contribution in [3.05, 3.63) is 65.7 Å². The molecule has 1 aromatic carbocycles. The van der Waals surface area contributed by atoms with E-state index in [4.69, 9.17) is 9.68 Å². The second kappa shape index (κ2) is 5.28. The van der Waals surface area contributed by atoms with E-state index in [2.05, 4.69) is 11.1 Å². The number of aromatic nitrogens is 1. The van der Waals surface area contributed by atoms with Gasteiger partial charge in [-0.15, -0.1) is 0 Å². The zero-order valence-corrected chi connectivity index (χ0v) is 12.4. The third kappa shape index (κ3) is 2.47. The fraction of sp³-hybridized carbons (Fsp3) is 0.222. The van der Waals surface area contributed by atoms with E-state index in [1.165, 1.54) is 0 Å². The molecular weight excluding hydrogens is 276 g/mol. The third-order valence-corrected chi connectivity index (χ3v) is 3.76. The number of furan rings is 1. The highest BCUT2D eigenvalue weighted by Gasteiger charge is 2.32. The fourth-order valence-electron chi connectivity index (χ4n) is 2.80. The van der Waals surface area contributed by atoms with E-state index in [9.17, 15) is 5.11 Å². The zero-order chi connectivity index (χ0) is 15.7. The summed E-state index contributed by atoms with van der Waals surface area (Å²) in [5.41, 5.74) is 2.00. The van der Waals surface area contributed by atoms with Crippen molar-refractivity contribution in [3.8, 4) is 6.07 Å². The number of nitriles is 1. The van der Waals surface area contributed by atoms with Gasteiger partial charge in [0.1, 0.15) is 5.58 Å². The van der Waals surface area contributed by atoms with Gasteiger partial charge >= 0.3 is 0 Å². The van der Waals surface area contributed by atoms with Gasteiger partial charge in [0.25, 0.3) is 0 Å². The molecule has 110 valence electrons. The highest BCUT2D eigenvalue weighted by atomic mass is 16.3. The van der Waals surface area contributed by atoms with Crippen LogP contribution in [0.25, 0.3) is 11.0 Å². The minimum absolute atomic E-state index is 0.318. The van der Waals surface area contributed by atoms with E-state index in [1.54, 1.807) is 44.5 Å². The number of nitrogens with zero attached hydrogens (tertiary/aromatic N) is 2. The van der Waals surface area contributed by atoms with Crippen LogP contribution < -0.4 is 0 Å². The fourth-order valence-corrected chi connectivity index (χ4v) is 2.80. The third-order valence-electron chi connectivity index (χ3n) is 3.76. The van der Waals surface area contributed by atoms with Crippen LogP contribution in [0.5, 0.6) is 0 Å². The summed E-state index contributed by atoms with van der Waals surface area (Å²) in [5, 5.41) is 20.5. The second-order valence-corrected chi connectivity index (χ2v) is 5.85. The first kappa shape index (κ1) is 14.3. The topological polar surface area (TPSA) is 70.0 Å². The molecule has 1 atom stereocenters. The molecule has 22 heavy (non-hydrogen) atoms. The van der Waals surface area contributed by atoms with E-state index in [0.29, 0.717) is 5.56 Å². The van der Waals surface area contributed by atoms with Crippen LogP contribution in [-0.2, 0) is 0 Å². The molecule has 2 heterocycles. The molecule has 0 saturated heterocycles. The summed E-state index contributed by atoms with van der Waals surface area (Å²) in [6.07, 6.45) is 3.31. The average Bonchev–Trinajstić information content (AvgIpc) is 2.96. The molecule has 0 aliphatic heterocycles. The monoisotopic (exact) mass is 292 g/mol. The van der Waals surface area contributed by atoms with Crippen LogP contribution in [0.4, 0.5) is 0 Å². The zero-order valence-electron chi connectivity index (χ0n) is 12.4. The Labute approximate surface area is 128 Å². The van der Waals surface area contributed by atoms with Gasteiger partial charge in [-0.05, 0) is 43.7 Å². The molecular formula is C18H16N2O2. The Morgan fingerprint density at radius 3 is 2.55 bits per heavy atom. The number of fused-ring (bicyclic) bond motifs is 1. The van der Waals surface area contributed by atoms with Crippen LogP contribution >= 0.6 is 0 Å². The van der Waals surface area contributed by atoms with Crippen molar-refractivity contribution in [1.29, 1.82) is 5.26 Å². The SMILES string of the molecule is CC(C)(O)C(c1ccc(C#N)cc1)c1nccc2occc12. The Hall–Kier alpha value is -2.64. The predicted octanol–water partition coefficient (Wildman–Crippen LogP) is 3.60. The van der Waals surface area contributed by atoms with Crippen molar-refractivity contribution < 1.29 is 9.52 Å². The van der Waals surface area contributed by atoms with Gasteiger partial charge in [-0.1, -0.05) is 12.1 Å². The highest BCUT2D eigenvalue weighted by molar-refractivity contribution is 5.80. The normalized spacial score (nSPS) is 13.0. The van der Waals surface area contributed by atoms with Crippen molar-refractivity contribution >= 4 is 11.0 Å². The molecule has 0 saturated carbocycles. The maximum Gasteiger partial charge on any atom is 0.137 e. The standard InChI is InChI=1S/C18H16N2O2/c1-18(2,21)16(13-5-3-12(11-19)4-6-13)17-14-8-10-22-15(14)7-9-20-17/h3-10,16,21H,1-2H3. The Morgan fingerprint density at radius 2 is 1.91 bits per heavy atom. The molecule has 0 aliphatic carbocycles. The van der Waals surface area contributed by atoms with Gasteiger partial charge in [0.2, 0.25) is 0 Å². The predicted molar refractivity (Wildman–Crippen MR) is 83.3 cm³/mol. The van der Waals surface area contributed by atoms with Crippen LogP contribution in [0.3, 0.4) is 0 Å². The number of hydrogen-bond donors (Lipinski definition) is 1. The van der Waals surface area contributed by atoms with Crippen molar-refractivity contribution in [2.75, 3.05) is 0 Å². The van der Waals surface area contributed by atoms with Gasteiger partial charge in [0, 0.05) is 11.6 Å². The van der Waals surface area contributed by atoms with Crippen LogP contribution in [-0.4, -0.2) is 15.7 Å².